The molecule has 0 fully saturated rings. The summed E-state index contributed by atoms with van der Waals surface area (Å²) in [5.41, 5.74) is 8.59. The van der Waals surface area contributed by atoms with E-state index in [0.29, 0.717) is 45.7 Å². The summed E-state index contributed by atoms with van der Waals surface area (Å²) in [6.45, 7) is 61.5. The molecule has 0 rings (SSSR count). The van der Waals surface area contributed by atoms with Crippen LogP contribution in [0.5, 0.6) is 0 Å². The van der Waals surface area contributed by atoms with E-state index in [4.69, 9.17) is 47.6 Å². The van der Waals surface area contributed by atoms with Crippen molar-refractivity contribution in [3.05, 3.63) is 0 Å². The fourth-order valence-corrected chi connectivity index (χ4v) is 4.77. The van der Waals surface area contributed by atoms with Crippen LogP contribution in [0.3, 0.4) is 0 Å². The van der Waals surface area contributed by atoms with Crippen LogP contribution in [0, 0.1) is 22.7 Å². The quantitative estimate of drug-likeness (QED) is 0.0117. The number of likely N-dealkylation sites (N-methyl/N-ethyl adjacent to an activating group) is 2. The lowest BCUT2D eigenvalue weighted by Crippen LogP contribution is -2.32. The first-order valence-corrected chi connectivity index (χ1v) is 39.9. The molecular formula is C80H180N12O20. The molecule has 32 nitrogen and oxygen atoms in total. The summed E-state index contributed by atoms with van der Waals surface area (Å²) in [6, 6.07) is 0. The van der Waals surface area contributed by atoms with Crippen molar-refractivity contribution in [2.24, 2.45) is 22.7 Å². The predicted octanol–water partition coefficient (Wildman–Crippen LogP) is 12.5. The third-order valence-corrected chi connectivity index (χ3v) is 16.0. The molecule has 680 valence electrons. The minimum atomic E-state index is -0.372. The van der Waals surface area contributed by atoms with Gasteiger partial charge in [-0.3, -0.25) is 54.9 Å². The Balaban J connectivity index is -0.0000000976. The first kappa shape index (κ1) is 133. The van der Waals surface area contributed by atoms with Gasteiger partial charge in [0, 0.05) is 42.3 Å². The van der Waals surface area contributed by atoms with E-state index >= 15 is 0 Å². The molecule has 0 radical (unpaired) electrons. The smallest absolute Gasteiger partial charge is 0.407 e. The fourth-order valence-electron chi connectivity index (χ4n) is 4.77. The van der Waals surface area contributed by atoms with Crippen molar-refractivity contribution >= 4 is 48.0 Å². The predicted molar refractivity (Wildman–Crippen MR) is 455 cm³/mol. The fraction of sp³-hybridized carbons (Fsp3) is 0.900. The van der Waals surface area contributed by atoms with Crippen LogP contribution in [0.2, 0.25) is 0 Å². The largest absolute Gasteiger partial charge is 0.462 e. The van der Waals surface area contributed by atoms with Gasteiger partial charge in [-0.25, -0.2) is 25.3 Å². The zero-order valence-corrected chi connectivity index (χ0v) is 79.4. The third-order valence-electron chi connectivity index (χ3n) is 16.0. The summed E-state index contributed by atoms with van der Waals surface area (Å²) in [4.78, 5) is 106. The molecule has 0 saturated carbocycles. The van der Waals surface area contributed by atoms with Gasteiger partial charge in [0.25, 0.3) is 0 Å². The number of hydroxylamine groups is 4. The number of ether oxygens (including phenoxy) is 8. The van der Waals surface area contributed by atoms with Crippen molar-refractivity contribution in [3.8, 4) is 0 Å². The molecule has 12 N–H and O–H groups in total. The second-order valence-corrected chi connectivity index (χ2v) is 28.8. The van der Waals surface area contributed by atoms with E-state index in [-0.39, 0.29) is 112 Å². The Labute approximate surface area is 684 Å². The molecule has 0 aromatic heterocycles. The van der Waals surface area contributed by atoms with Crippen LogP contribution >= 0.6 is 0 Å². The maximum atomic E-state index is 11.2. The molecule has 0 bridgehead atoms. The Bertz CT molecular complexity index is 2130. The lowest BCUT2D eigenvalue weighted by atomic mass is 9.91. The van der Waals surface area contributed by atoms with Crippen molar-refractivity contribution in [1.29, 1.82) is 0 Å². The molecule has 32 heteroatoms. The molecule has 6 unspecified atom stereocenters. The normalized spacial score (nSPS) is 12.2. The van der Waals surface area contributed by atoms with Crippen LogP contribution in [-0.4, -0.2) is 219 Å². The number of nitrogens with one attached hydrogen (secondary N) is 12. The molecule has 0 spiro atoms. The van der Waals surface area contributed by atoms with E-state index < -0.39 is 0 Å². The van der Waals surface area contributed by atoms with Crippen molar-refractivity contribution in [2.45, 2.75) is 332 Å². The van der Waals surface area contributed by atoms with Gasteiger partial charge in [0.2, 0.25) is 0 Å². The Morgan fingerprint density at radius 3 is 1.02 bits per heavy atom. The van der Waals surface area contributed by atoms with E-state index in [0.717, 1.165) is 77.0 Å². The number of hydrogen-bond acceptors (Lipinski definition) is 30. The van der Waals surface area contributed by atoms with E-state index in [2.05, 4.69) is 123 Å². The summed E-state index contributed by atoms with van der Waals surface area (Å²) in [5, 5.41) is 21.6. The SMILES string of the molecule is CCC(C)(C)C(=O)OCNC.CCC(C)(C)C(=O)ONC.CCC(C)(C)OC(=O)CNC.CCC(C)(C)OC(=O)NC.CCC(C)(C)OCNC.CCC(C)(C)ONC.CCC(C)C(=O)OCNC.CCC(C)C(=O)ONC.CCC(C)OC(=O)CNC.CCC(C)OC(=O)NC.CCC(C)OCNC.CCC(C)ONC. The Morgan fingerprint density at radius 1 is 0.321 bits per heavy atom. The van der Waals surface area contributed by atoms with Crippen molar-refractivity contribution in [1.82, 2.24) is 64.5 Å². The van der Waals surface area contributed by atoms with Gasteiger partial charge in [-0.2, -0.15) is 11.0 Å². The van der Waals surface area contributed by atoms with E-state index in [1.165, 1.54) is 0 Å². The summed E-state index contributed by atoms with van der Waals surface area (Å²) in [6.07, 6.45) is 10.9. The average Bonchev–Trinajstić information content (AvgIpc) is 0.899. The highest BCUT2D eigenvalue weighted by molar-refractivity contribution is 5.76. The van der Waals surface area contributed by atoms with Gasteiger partial charge in [0.15, 0.2) is 0 Å². The van der Waals surface area contributed by atoms with Crippen LogP contribution in [0.1, 0.15) is 285 Å². The van der Waals surface area contributed by atoms with Gasteiger partial charge in [0.05, 0.1) is 78.7 Å². The number of esters is 4. The molecule has 0 aromatic carbocycles. The topological polar surface area (TPSA) is 392 Å². The van der Waals surface area contributed by atoms with Crippen LogP contribution < -0.4 is 64.5 Å². The highest BCUT2D eigenvalue weighted by Crippen LogP contribution is 2.22. The van der Waals surface area contributed by atoms with Crippen molar-refractivity contribution in [2.75, 3.05) is 125 Å². The summed E-state index contributed by atoms with van der Waals surface area (Å²) in [7, 11) is 20.5. The number of hydrogen-bond donors (Lipinski definition) is 12. The van der Waals surface area contributed by atoms with Crippen LogP contribution in [-0.2, 0) is 86.0 Å². The second-order valence-electron chi connectivity index (χ2n) is 28.8. The van der Waals surface area contributed by atoms with Gasteiger partial charge >= 0.3 is 48.0 Å². The zero-order valence-electron chi connectivity index (χ0n) is 79.4. The number of rotatable bonds is 40. The maximum absolute atomic E-state index is 11.2. The Morgan fingerprint density at radius 2 is 0.696 bits per heavy atom. The first-order valence-electron chi connectivity index (χ1n) is 39.9. The molecular weight excluding hydrogens is 1450 g/mol. The third kappa shape index (κ3) is 107. The molecule has 0 aliphatic carbocycles. The second kappa shape index (κ2) is 88.2. The van der Waals surface area contributed by atoms with Gasteiger partial charge in [-0.15, -0.1) is 0 Å². The van der Waals surface area contributed by atoms with Crippen LogP contribution in [0.25, 0.3) is 0 Å². The van der Waals surface area contributed by atoms with Gasteiger partial charge in [0.1, 0.15) is 30.8 Å². The van der Waals surface area contributed by atoms with Crippen molar-refractivity contribution < 1.29 is 95.6 Å². The number of alkyl carbamates (subject to hydrolysis) is 2. The minimum absolute atomic E-state index is 0.00236. The number of carbonyl (C=O) groups is 8. The Hall–Kier alpha value is -5.20. The molecule has 2 amide bonds. The van der Waals surface area contributed by atoms with Gasteiger partial charge < -0.3 is 68.8 Å². The highest BCUT2D eigenvalue weighted by atomic mass is 16.7. The molecule has 0 aliphatic rings. The van der Waals surface area contributed by atoms with E-state index in [1.54, 1.807) is 70.5 Å². The summed E-state index contributed by atoms with van der Waals surface area (Å²) < 4.78 is 40.2. The Kier molecular flexibility index (Phi) is 105. The van der Waals surface area contributed by atoms with Gasteiger partial charge in [-0.1, -0.05) is 96.9 Å². The lowest BCUT2D eigenvalue weighted by Gasteiger charge is -2.22. The lowest BCUT2D eigenvalue weighted by molar-refractivity contribution is -0.161. The summed E-state index contributed by atoms with van der Waals surface area (Å²) in [5.74, 6) is -1.04. The molecule has 0 saturated heterocycles. The first-order chi connectivity index (χ1) is 51.8. The standard InChI is InChI=1S/2C8H17NO2.4C7H15NO2.C7H17NO.2C6H13NO2.2C6H15NO.C5H13NO/c1-5-8(2,3)7(10)11-6-9-4;1-5-8(2,3)11-7(10)6-9-4;1-5-7(2,3)10-6(9)8-4;1-5-7(2,3)6(9)10-8-4;1-4-6(2)7(9)10-5-8-3;1-4-6(2)10-7(9)5-8-3;1-5-7(2,3)9-6-8-4;1-4-5(2)9-6(8)7-3;1-4-5(2)6(8)9-7-3;1-5-6(2,3)8-7-4;1-4-6(2)8-5-7-3;1-4-5(2)7-6-3/h2*9H,5-6H2,1-4H3;5H2,1-4H3,(H,8,9);8H,5H2,1-4H3;2*6,8H,4-5H2,1-3H3;8H,5-6H2,1-4H3;5H,4H2,1-3H3,(H,7,8);5,7H,4H2,1-3H3;7H,5H2,1-4H3;6-7H,4-5H2,1-3H3;5-6H,4H2,1-3H3. The van der Waals surface area contributed by atoms with Gasteiger partial charge in [-0.05, 0) is 230 Å². The average molecular weight is 1630 g/mol. The number of amides is 2. The highest BCUT2D eigenvalue weighted by Gasteiger charge is 2.28. The molecule has 0 aliphatic heterocycles. The monoisotopic (exact) mass is 1630 g/mol. The van der Waals surface area contributed by atoms with Crippen LogP contribution in [0.4, 0.5) is 9.59 Å². The van der Waals surface area contributed by atoms with Crippen LogP contribution in [0.15, 0.2) is 0 Å². The maximum Gasteiger partial charge on any atom is 0.407 e. The molecule has 0 aromatic rings. The summed E-state index contributed by atoms with van der Waals surface area (Å²) >= 11 is 0. The molecule has 6 atom stereocenters. The molecule has 112 heavy (non-hydrogen) atoms. The number of carbonyl (C=O) groups excluding carboxylic acids is 8. The van der Waals surface area contributed by atoms with E-state index in [1.807, 2.05) is 173 Å². The van der Waals surface area contributed by atoms with E-state index in [9.17, 15) is 38.4 Å². The minimum Gasteiger partial charge on any atom is -0.462 e. The van der Waals surface area contributed by atoms with Crippen molar-refractivity contribution in [3.63, 3.8) is 0 Å². The molecule has 0 heterocycles. The zero-order chi connectivity index (χ0) is 90.8.